The second-order valence-electron chi connectivity index (χ2n) is 2.98. The molecule has 0 saturated carbocycles. The molecule has 0 aliphatic carbocycles. The fourth-order valence-corrected chi connectivity index (χ4v) is 1.35. The molecule has 0 aromatic heterocycles. The molecule has 5 heteroatoms. The Morgan fingerprint density at radius 3 is 2.79 bits per heavy atom. The number of carboxylic acids is 1. The lowest BCUT2D eigenvalue weighted by Gasteiger charge is -2.12. The van der Waals surface area contributed by atoms with E-state index in [0.717, 1.165) is 0 Å². The first-order chi connectivity index (χ1) is 6.50. The predicted molar refractivity (Wildman–Crippen MR) is 55.0 cm³/mol. The number of anilines is 1. The van der Waals surface area contributed by atoms with Crippen molar-refractivity contribution >= 4 is 23.3 Å². The monoisotopic (exact) mass is 214 g/mol. The van der Waals surface area contributed by atoms with Crippen LogP contribution in [-0.4, -0.2) is 11.1 Å². The third kappa shape index (κ3) is 2.61. The van der Waals surface area contributed by atoms with Gasteiger partial charge < -0.3 is 16.6 Å². The molecule has 0 amide bonds. The number of nitrogen functional groups attached to an aromatic ring is 1. The Bertz CT molecular complexity index is 355. The van der Waals surface area contributed by atoms with Crippen molar-refractivity contribution in [2.24, 2.45) is 5.73 Å². The number of carboxylic acid groups (broad SMARTS) is 1. The number of aliphatic carboxylic acids is 1. The van der Waals surface area contributed by atoms with Crippen LogP contribution in [-0.2, 0) is 4.79 Å². The average molecular weight is 215 g/mol. The summed E-state index contributed by atoms with van der Waals surface area (Å²) >= 11 is 5.74. The predicted octanol–water partition coefficient (Wildman–Crippen LogP) is 1.40. The maximum atomic E-state index is 10.4. The van der Waals surface area contributed by atoms with E-state index in [1.165, 1.54) is 0 Å². The van der Waals surface area contributed by atoms with Gasteiger partial charge in [-0.2, -0.15) is 0 Å². The molecule has 0 aliphatic heterocycles. The second-order valence-corrected chi connectivity index (χ2v) is 3.41. The van der Waals surface area contributed by atoms with Crippen molar-refractivity contribution in [2.75, 3.05) is 5.73 Å². The summed E-state index contributed by atoms with van der Waals surface area (Å²) in [7, 11) is 0. The minimum atomic E-state index is -0.961. The maximum absolute atomic E-state index is 10.4. The Kier molecular flexibility index (Phi) is 3.33. The summed E-state index contributed by atoms with van der Waals surface area (Å²) in [5, 5.41) is 9.05. The zero-order chi connectivity index (χ0) is 10.7. The summed E-state index contributed by atoms with van der Waals surface area (Å²) in [6, 6.07) is 4.21. The lowest BCUT2D eigenvalue weighted by Crippen LogP contribution is -2.16. The second kappa shape index (κ2) is 4.30. The van der Waals surface area contributed by atoms with Crippen LogP contribution in [0.15, 0.2) is 18.2 Å². The van der Waals surface area contributed by atoms with Gasteiger partial charge >= 0.3 is 5.97 Å². The molecule has 0 saturated heterocycles. The van der Waals surface area contributed by atoms with Crippen LogP contribution in [0.5, 0.6) is 0 Å². The van der Waals surface area contributed by atoms with E-state index in [9.17, 15) is 4.79 Å². The van der Waals surface area contributed by atoms with Crippen LogP contribution < -0.4 is 11.5 Å². The van der Waals surface area contributed by atoms with Gasteiger partial charge in [-0.3, -0.25) is 4.79 Å². The van der Waals surface area contributed by atoms with Gasteiger partial charge in [0.05, 0.1) is 6.42 Å². The van der Waals surface area contributed by atoms with Crippen LogP contribution in [0, 0.1) is 0 Å². The SMILES string of the molecule is Nc1ccc(Cl)cc1C(N)CC(=O)O. The molecule has 1 atom stereocenters. The zero-order valence-electron chi connectivity index (χ0n) is 7.40. The number of hydrogen-bond acceptors (Lipinski definition) is 3. The molecule has 0 bridgehead atoms. The van der Waals surface area contributed by atoms with Crippen molar-refractivity contribution in [2.45, 2.75) is 12.5 Å². The quantitative estimate of drug-likeness (QED) is 0.664. The highest BCUT2D eigenvalue weighted by atomic mass is 35.5. The van der Waals surface area contributed by atoms with Crippen molar-refractivity contribution in [3.63, 3.8) is 0 Å². The van der Waals surface area contributed by atoms with Gasteiger partial charge in [-0.15, -0.1) is 0 Å². The normalized spacial score (nSPS) is 12.4. The largest absolute Gasteiger partial charge is 0.481 e. The Labute approximate surface area is 86.5 Å². The van der Waals surface area contributed by atoms with Gasteiger partial charge in [-0.1, -0.05) is 11.6 Å². The summed E-state index contributed by atoms with van der Waals surface area (Å²) < 4.78 is 0. The van der Waals surface area contributed by atoms with Gasteiger partial charge in [0.15, 0.2) is 0 Å². The van der Waals surface area contributed by atoms with Crippen molar-refractivity contribution in [3.05, 3.63) is 28.8 Å². The molecule has 0 spiro atoms. The maximum Gasteiger partial charge on any atom is 0.305 e. The fraction of sp³-hybridized carbons (Fsp3) is 0.222. The van der Waals surface area contributed by atoms with Gasteiger partial charge in [0.1, 0.15) is 0 Å². The highest BCUT2D eigenvalue weighted by Gasteiger charge is 2.13. The van der Waals surface area contributed by atoms with Crippen molar-refractivity contribution < 1.29 is 9.90 Å². The van der Waals surface area contributed by atoms with Crippen molar-refractivity contribution in [1.82, 2.24) is 0 Å². The summed E-state index contributed by atoms with van der Waals surface area (Å²) in [4.78, 5) is 10.4. The molecule has 14 heavy (non-hydrogen) atoms. The van der Waals surface area contributed by atoms with E-state index >= 15 is 0 Å². The lowest BCUT2D eigenvalue weighted by atomic mass is 10.0. The molecule has 0 aliphatic rings. The molecule has 0 heterocycles. The van der Waals surface area contributed by atoms with E-state index in [1.54, 1.807) is 18.2 Å². The van der Waals surface area contributed by atoms with E-state index in [-0.39, 0.29) is 6.42 Å². The van der Waals surface area contributed by atoms with E-state index in [2.05, 4.69) is 0 Å². The van der Waals surface area contributed by atoms with Crippen LogP contribution in [0.4, 0.5) is 5.69 Å². The van der Waals surface area contributed by atoms with Gasteiger partial charge in [-0.25, -0.2) is 0 Å². The summed E-state index contributed by atoms with van der Waals surface area (Å²) in [5.41, 5.74) is 12.3. The first-order valence-corrected chi connectivity index (χ1v) is 4.41. The topological polar surface area (TPSA) is 89.3 Å². The Balaban J connectivity index is 2.93. The van der Waals surface area contributed by atoms with E-state index < -0.39 is 12.0 Å². The third-order valence-electron chi connectivity index (χ3n) is 1.84. The molecule has 76 valence electrons. The molecule has 1 aromatic carbocycles. The highest BCUT2D eigenvalue weighted by molar-refractivity contribution is 6.30. The first kappa shape index (κ1) is 10.8. The molecule has 1 aromatic rings. The molecule has 4 nitrogen and oxygen atoms in total. The van der Waals surface area contributed by atoms with Crippen molar-refractivity contribution in [3.8, 4) is 0 Å². The van der Waals surface area contributed by atoms with E-state index in [4.69, 9.17) is 28.2 Å². The van der Waals surface area contributed by atoms with E-state index in [1.807, 2.05) is 0 Å². The number of hydrogen-bond donors (Lipinski definition) is 3. The van der Waals surface area contributed by atoms with E-state index in [0.29, 0.717) is 16.3 Å². The minimum absolute atomic E-state index is 0.162. The van der Waals surface area contributed by atoms with Gasteiger partial charge in [0.25, 0.3) is 0 Å². The number of benzene rings is 1. The summed E-state index contributed by atoms with van der Waals surface area (Å²) in [6.07, 6.45) is -0.162. The van der Waals surface area contributed by atoms with Gasteiger partial charge in [-0.05, 0) is 23.8 Å². The average Bonchev–Trinajstić information content (AvgIpc) is 2.08. The summed E-state index contributed by atoms with van der Waals surface area (Å²) in [5.74, 6) is -0.961. The Morgan fingerprint density at radius 1 is 1.57 bits per heavy atom. The molecular formula is C9H11ClN2O2. The van der Waals surface area contributed by atoms with Gasteiger partial charge in [0, 0.05) is 16.8 Å². The molecular weight excluding hydrogens is 204 g/mol. The number of nitrogens with two attached hydrogens (primary N) is 2. The third-order valence-corrected chi connectivity index (χ3v) is 2.08. The molecule has 1 unspecified atom stereocenters. The van der Waals surface area contributed by atoms with Crippen LogP contribution >= 0.6 is 11.6 Å². The summed E-state index contributed by atoms with van der Waals surface area (Å²) in [6.45, 7) is 0. The molecule has 1 rings (SSSR count). The highest BCUT2D eigenvalue weighted by Crippen LogP contribution is 2.24. The smallest absolute Gasteiger partial charge is 0.305 e. The Hall–Kier alpha value is -1.26. The minimum Gasteiger partial charge on any atom is -0.481 e. The van der Waals surface area contributed by atoms with Crippen LogP contribution in [0.25, 0.3) is 0 Å². The standard InChI is InChI=1S/C9H11ClN2O2/c10-5-1-2-7(11)6(3-5)8(12)4-9(13)14/h1-3,8H,4,11-12H2,(H,13,14). The van der Waals surface area contributed by atoms with Crippen LogP contribution in [0.2, 0.25) is 5.02 Å². The molecule has 0 radical (unpaired) electrons. The van der Waals surface area contributed by atoms with Crippen LogP contribution in [0.3, 0.4) is 0 Å². The number of carbonyl (C=O) groups is 1. The Morgan fingerprint density at radius 2 is 2.21 bits per heavy atom. The van der Waals surface area contributed by atoms with Gasteiger partial charge in [0.2, 0.25) is 0 Å². The molecule has 0 fully saturated rings. The fourth-order valence-electron chi connectivity index (χ4n) is 1.16. The van der Waals surface area contributed by atoms with Crippen molar-refractivity contribution in [1.29, 1.82) is 0 Å². The van der Waals surface area contributed by atoms with Crippen LogP contribution in [0.1, 0.15) is 18.0 Å². The number of halogens is 1. The first-order valence-electron chi connectivity index (χ1n) is 4.03. The lowest BCUT2D eigenvalue weighted by molar-refractivity contribution is -0.137. The molecule has 5 N–H and O–H groups in total. The zero-order valence-corrected chi connectivity index (χ0v) is 8.16. The number of rotatable bonds is 3.